The molecule has 0 fully saturated rings. The molecule has 0 saturated heterocycles. The van der Waals surface area contributed by atoms with Gasteiger partial charge in [0.15, 0.2) is 0 Å². The van der Waals surface area contributed by atoms with Gasteiger partial charge < -0.3 is 15.2 Å². The lowest BCUT2D eigenvalue weighted by atomic mass is 9.93. The number of hydrogen-bond donors (Lipinski definition) is 2. The van der Waals surface area contributed by atoms with Crippen LogP contribution in [0.5, 0.6) is 0 Å². The zero-order valence-corrected chi connectivity index (χ0v) is 12.5. The van der Waals surface area contributed by atoms with Crippen LogP contribution in [-0.4, -0.2) is 41.5 Å². The molecule has 4 nitrogen and oxygen atoms in total. The van der Waals surface area contributed by atoms with E-state index in [2.05, 4.69) is 55.1 Å². The van der Waals surface area contributed by atoms with Gasteiger partial charge in [0.05, 0.1) is 12.0 Å². The molecule has 4 heteroatoms. The highest BCUT2D eigenvalue weighted by Crippen LogP contribution is 2.16. The Hall–Kier alpha value is -0.870. The zero-order valence-electron chi connectivity index (χ0n) is 12.5. The SMILES string of the molecule is CCC(CC)C(CNCc1nc[nH]c1C)N(C)C. The van der Waals surface area contributed by atoms with Gasteiger partial charge >= 0.3 is 0 Å². The van der Waals surface area contributed by atoms with Crippen LogP contribution in [0.1, 0.15) is 38.1 Å². The quantitative estimate of drug-likeness (QED) is 0.745. The van der Waals surface area contributed by atoms with Gasteiger partial charge in [-0.2, -0.15) is 0 Å². The Labute approximate surface area is 111 Å². The van der Waals surface area contributed by atoms with Crippen molar-refractivity contribution in [2.24, 2.45) is 5.92 Å². The van der Waals surface area contributed by atoms with Crippen LogP contribution in [0.25, 0.3) is 0 Å². The molecule has 0 aliphatic carbocycles. The Morgan fingerprint density at radius 3 is 2.44 bits per heavy atom. The number of aromatic amines is 1. The van der Waals surface area contributed by atoms with Crippen molar-refractivity contribution < 1.29 is 0 Å². The summed E-state index contributed by atoms with van der Waals surface area (Å²) < 4.78 is 0. The van der Waals surface area contributed by atoms with Gasteiger partial charge in [-0.25, -0.2) is 4.98 Å². The molecule has 0 spiro atoms. The van der Waals surface area contributed by atoms with Crippen LogP contribution in [0.2, 0.25) is 0 Å². The highest BCUT2D eigenvalue weighted by molar-refractivity contribution is 5.08. The fourth-order valence-corrected chi connectivity index (χ4v) is 2.51. The van der Waals surface area contributed by atoms with E-state index in [1.807, 2.05) is 0 Å². The van der Waals surface area contributed by atoms with E-state index in [9.17, 15) is 0 Å². The van der Waals surface area contributed by atoms with E-state index < -0.39 is 0 Å². The standard InChI is InChI=1S/C14H28N4/c1-6-12(7-2)14(18(4)5)9-15-8-13-11(3)16-10-17-13/h10,12,14-15H,6-9H2,1-5H3,(H,16,17). The molecule has 0 aliphatic heterocycles. The molecular weight excluding hydrogens is 224 g/mol. The second-order valence-electron chi connectivity index (χ2n) is 5.21. The molecule has 18 heavy (non-hydrogen) atoms. The minimum Gasteiger partial charge on any atom is -0.348 e. The Bertz CT molecular complexity index is 328. The monoisotopic (exact) mass is 252 g/mol. The number of aryl methyl sites for hydroxylation is 1. The molecule has 0 aliphatic rings. The van der Waals surface area contributed by atoms with Crippen LogP contribution in [0.15, 0.2) is 6.33 Å². The number of imidazole rings is 1. The average Bonchev–Trinajstić information content (AvgIpc) is 2.74. The molecule has 1 aromatic heterocycles. The zero-order chi connectivity index (χ0) is 13.5. The van der Waals surface area contributed by atoms with Crippen LogP contribution < -0.4 is 5.32 Å². The van der Waals surface area contributed by atoms with Crippen molar-refractivity contribution in [1.29, 1.82) is 0 Å². The molecule has 0 bridgehead atoms. The normalized spacial score (nSPS) is 13.5. The highest BCUT2D eigenvalue weighted by Gasteiger charge is 2.20. The van der Waals surface area contributed by atoms with Crippen molar-refractivity contribution in [3.8, 4) is 0 Å². The summed E-state index contributed by atoms with van der Waals surface area (Å²) in [4.78, 5) is 9.76. The van der Waals surface area contributed by atoms with Crippen molar-refractivity contribution in [3.63, 3.8) is 0 Å². The predicted octanol–water partition coefficient (Wildman–Crippen LogP) is 2.17. The van der Waals surface area contributed by atoms with E-state index in [0.29, 0.717) is 6.04 Å². The molecule has 0 aromatic carbocycles. The summed E-state index contributed by atoms with van der Waals surface area (Å²) >= 11 is 0. The lowest BCUT2D eigenvalue weighted by Crippen LogP contribution is -2.42. The highest BCUT2D eigenvalue weighted by atomic mass is 15.1. The van der Waals surface area contributed by atoms with Crippen molar-refractivity contribution in [3.05, 3.63) is 17.7 Å². The van der Waals surface area contributed by atoms with Crippen molar-refractivity contribution in [2.45, 2.75) is 46.2 Å². The minimum atomic E-state index is 0.597. The first-order valence-corrected chi connectivity index (χ1v) is 6.96. The summed E-state index contributed by atoms with van der Waals surface area (Å²) in [5.41, 5.74) is 2.28. The number of rotatable bonds is 8. The van der Waals surface area contributed by atoms with Crippen molar-refractivity contribution >= 4 is 0 Å². The fraction of sp³-hybridized carbons (Fsp3) is 0.786. The molecule has 0 amide bonds. The Morgan fingerprint density at radius 2 is 2.00 bits per heavy atom. The van der Waals surface area contributed by atoms with Crippen molar-refractivity contribution in [1.82, 2.24) is 20.2 Å². The van der Waals surface area contributed by atoms with Gasteiger partial charge in [0, 0.05) is 24.8 Å². The maximum Gasteiger partial charge on any atom is 0.0925 e. The van der Waals surface area contributed by atoms with Crippen LogP contribution in [-0.2, 0) is 6.54 Å². The van der Waals surface area contributed by atoms with Crippen LogP contribution >= 0.6 is 0 Å². The largest absolute Gasteiger partial charge is 0.348 e. The summed E-state index contributed by atoms with van der Waals surface area (Å²) in [5.74, 6) is 0.757. The summed E-state index contributed by atoms with van der Waals surface area (Å²) in [7, 11) is 4.34. The lowest BCUT2D eigenvalue weighted by molar-refractivity contribution is 0.193. The van der Waals surface area contributed by atoms with Crippen LogP contribution in [0, 0.1) is 12.8 Å². The summed E-state index contributed by atoms with van der Waals surface area (Å²) in [6.45, 7) is 8.49. The molecule has 1 heterocycles. The lowest BCUT2D eigenvalue weighted by Gasteiger charge is -2.31. The maximum atomic E-state index is 4.31. The van der Waals surface area contributed by atoms with Gasteiger partial charge in [-0.1, -0.05) is 26.7 Å². The maximum absolute atomic E-state index is 4.31. The fourth-order valence-electron chi connectivity index (χ4n) is 2.51. The van der Waals surface area contributed by atoms with Crippen LogP contribution in [0.4, 0.5) is 0 Å². The molecule has 1 aromatic rings. The van der Waals surface area contributed by atoms with Gasteiger partial charge in [-0.05, 0) is 26.9 Å². The van der Waals surface area contributed by atoms with E-state index in [4.69, 9.17) is 0 Å². The first kappa shape index (κ1) is 15.2. The number of likely N-dealkylation sites (N-methyl/N-ethyl adjacent to an activating group) is 1. The average molecular weight is 252 g/mol. The van der Waals surface area contributed by atoms with E-state index in [-0.39, 0.29) is 0 Å². The van der Waals surface area contributed by atoms with E-state index in [0.717, 1.165) is 30.4 Å². The number of aromatic nitrogens is 2. The minimum absolute atomic E-state index is 0.597. The van der Waals surface area contributed by atoms with Gasteiger partial charge in [0.2, 0.25) is 0 Å². The number of nitrogens with one attached hydrogen (secondary N) is 2. The summed E-state index contributed by atoms with van der Waals surface area (Å²) in [6.07, 6.45) is 4.24. The third-order valence-electron chi connectivity index (χ3n) is 3.84. The molecule has 1 atom stereocenters. The second kappa shape index (κ2) is 7.54. The van der Waals surface area contributed by atoms with Crippen molar-refractivity contribution in [2.75, 3.05) is 20.6 Å². The molecule has 1 rings (SSSR count). The smallest absolute Gasteiger partial charge is 0.0925 e. The van der Waals surface area contributed by atoms with Crippen LogP contribution in [0.3, 0.4) is 0 Å². The molecule has 104 valence electrons. The number of hydrogen-bond acceptors (Lipinski definition) is 3. The van der Waals surface area contributed by atoms with Gasteiger partial charge in [-0.15, -0.1) is 0 Å². The van der Waals surface area contributed by atoms with E-state index in [1.165, 1.54) is 12.8 Å². The van der Waals surface area contributed by atoms with E-state index >= 15 is 0 Å². The molecular formula is C14H28N4. The molecule has 1 unspecified atom stereocenters. The first-order valence-electron chi connectivity index (χ1n) is 6.96. The summed E-state index contributed by atoms with van der Waals surface area (Å²) in [5, 5.41) is 3.54. The summed E-state index contributed by atoms with van der Waals surface area (Å²) in [6, 6.07) is 0.597. The molecule has 0 radical (unpaired) electrons. The Balaban J connectivity index is 2.45. The third kappa shape index (κ3) is 4.10. The first-order chi connectivity index (χ1) is 8.60. The topological polar surface area (TPSA) is 44.0 Å². The second-order valence-corrected chi connectivity index (χ2v) is 5.21. The van der Waals surface area contributed by atoms with Gasteiger partial charge in [0.1, 0.15) is 0 Å². The third-order valence-corrected chi connectivity index (χ3v) is 3.84. The van der Waals surface area contributed by atoms with Gasteiger partial charge in [-0.3, -0.25) is 0 Å². The number of H-pyrrole nitrogens is 1. The Kier molecular flexibility index (Phi) is 6.36. The molecule has 2 N–H and O–H groups in total. The van der Waals surface area contributed by atoms with Gasteiger partial charge in [0.25, 0.3) is 0 Å². The van der Waals surface area contributed by atoms with E-state index in [1.54, 1.807) is 6.33 Å². The molecule has 0 saturated carbocycles. The predicted molar refractivity (Wildman–Crippen MR) is 76.6 cm³/mol. The Morgan fingerprint density at radius 1 is 1.33 bits per heavy atom. The number of nitrogens with zero attached hydrogens (tertiary/aromatic N) is 2.